The van der Waals surface area contributed by atoms with E-state index < -0.39 is 0 Å². The quantitative estimate of drug-likeness (QED) is 0.702. The van der Waals surface area contributed by atoms with Crippen LogP contribution in [-0.4, -0.2) is 18.0 Å². The van der Waals surface area contributed by atoms with Gasteiger partial charge < -0.3 is 15.8 Å². The van der Waals surface area contributed by atoms with Crippen molar-refractivity contribution in [3.05, 3.63) is 65.9 Å². The van der Waals surface area contributed by atoms with E-state index in [4.69, 9.17) is 10.5 Å². The van der Waals surface area contributed by atoms with Gasteiger partial charge in [0.2, 0.25) is 5.91 Å². The molecule has 5 nitrogen and oxygen atoms in total. The molecule has 0 aliphatic heterocycles. The second kappa shape index (κ2) is 7.21. The SMILES string of the molecule is COc1ccc(C(C)NC(=O)Cc2ccc3cc(N)ccc3n2)cc1. The van der Waals surface area contributed by atoms with Crippen molar-refractivity contribution in [2.24, 2.45) is 0 Å². The molecule has 0 bridgehead atoms. The van der Waals surface area contributed by atoms with Gasteiger partial charge in [-0.05, 0) is 48.9 Å². The van der Waals surface area contributed by atoms with Crippen molar-refractivity contribution in [2.45, 2.75) is 19.4 Å². The number of amides is 1. The number of ether oxygens (including phenoxy) is 1. The molecule has 3 N–H and O–H groups in total. The monoisotopic (exact) mass is 335 g/mol. The van der Waals surface area contributed by atoms with Crippen LogP contribution in [0.4, 0.5) is 5.69 Å². The molecule has 0 saturated carbocycles. The molecule has 1 atom stereocenters. The number of hydrogen-bond donors (Lipinski definition) is 2. The number of benzene rings is 2. The van der Waals surface area contributed by atoms with E-state index in [-0.39, 0.29) is 18.4 Å². The zero-order chi connectivity index (χ0) is 17.8. The fourth-order valence-electron chi connectivity index (χ4n) is 2.72. The number of carbonyl (C=O) groups excluding carboxylic acids is 1. The summed E-state index contributed by atoms with van der Waals surface area (Å²) < 4.78 is 5.15. The van der Waals surface area contributed by atoms with E-state index in [0.29, 0.717) is 5.69 Å². The van der Waals surface area contributed by atoms with E-state index in [1.807, 2.05) is 61.5 Å². The summed E-state index contributed by atoms with van der Waals surface area (Å²) in [6.45, 7) is 1.95. The fraction of sp³-hybridized carbons (Fsp3) is 0.200. The Balaban J connectivity index is 1.66. The predicted molar refractivity (Wildman–Crippen MR) is 99.4 cm³/mol. The Bertz CT molecular complexity index is 891. The number of anilines is 1. The standard InChI is InChI=1S/C20H21N3O2/c1-13(14-4-8-18(25-2)9-5-14)22-20(24)12-17-7-3-15-11-16(21)6-10-19(15)23-17/h3-11,13H,12,21H2,1-2H3,(H,22,24). The summed E-state index contributed by atoms with van der Waals surface area (Å²) in [5.41, 5.74) is 9.07. The maximum Gasteiger partial charge on any atom is 0.226 e. The second-order valence-electron chi connectivity index (χ2n) is 5.99. The first-order chi connectivity index (χ1) is 12.0. The van der Waals surface area contributed by atoms with Gasteiger partial charge in [-0.15, -0.1) is 0 Å². The molecule has 0 aliphatic rings. The average molecular weight is 335 g/mol. The van der Waals surface area contributed by atoms with Crippen molar-refractivity contribution in [1.82, 2.24) is 10.3 Å². The molecule has 0 spiro atoms. The van der Waals surface area contributed by atoms with Gasteiger partial charge in [-0.2, -0.15) is 0 Å². The van der Waals surface area contributed by atoms with Gasteiger partial charge in [0.15, 0.2) is 0 Å². The number of fused-ring (bicyclic) bond motifs is 1. The van der Waals surface area contributed by atoms with Crippen molar-refractivity contribution >= 4 is 22.5 Å². The molecule has 2 aromatic carbocycles. The lowest BCUT2D eigenvalue weighted by Crippen LogP contribution is -2.28. The predicted octanol–water partition coefficient (Wildman–Crippen LogP) is 3.25. The topological polar surface area (TPSA) is 77.2 Å². The van der Waals surface area contributed by atoms with Crippen LogP contribution in [0.3, 0.4) is 0 Å². The van der Waals surface area contributed by atoms with Crippen LogP contribution in [0.1, 0.15) is 24.2 Å². The highest BCUT2D eigenvalue weighted by atomic mass is 16.5. The summed E-state index contributed by atoms with van der Waals surface area (Å²) in [7, 11) is 1.63. The normalized spacial score (nSPS) is 11.9. The number of nitrogens with two attached hydrogens (primary N) is 1. The van der Waals surface area contributed by atoms with Crippen LogP contribution in [0, 0.1) is 0 Å². The Hall–Kier alpha value is -3.08. The molecule has 1 unspecified atom stereocenters. The lowest BCUT2D eigenvalue weighted by Gasteiger charge is -2.15. The molecule has 0 aliphatic carbocycles. The Labute approximate surface area is 146 Å². The zero-order valence-electron chi connectivity index (χ0n) is 14.3. The molecule has 128 valence electrons. The first-order valence-electron chi connectivity index (χ1n) is 8.13. The number of aromatic nitrogens is 1. The molecule has 3 rings (SSSR count). The van der Waals surface area contributed by atoms with E-state index in [2.05, 4.69) is 10.3 Å². The van der Waals surface area contributed by atoms with Crippen LogP contribution in [0.15, 0.2) is 54.6 Å². The highest BCUT2D eigenvalue weighted by Crippen LogP contribution is 2.18. The maximum absolute atomic E-state index is 12.3. The average Bonchev–Trinajstić information content (AvgIpc) is 2.61. The Morgan fingerprint density at radius 1 is 1.16 bits per heavy atom. The summed E-state index contributed by atoms with van der Waals surface area (Å²) in [6, 6.07) is 16.9. The molecule has 5 heteroatoms. The Morgan fingerprint density at radius 2 is 1.92 bits per heavy atom. The van der Waals surface area contributed by atoms with E-state index in [9.17, 15) is 4.79 Å². The second-order valence-corrected chi connectivity index (χ2v) is 5.99. The molecule has 0 fully saturated rings. The van der Waals surface area contributed by atoms with Crippen LogP contribution in [0.5, 0.6) is 5.75 Å². The smallest absolute Gasteiger partial charge is 0.226 e. The molecule has 1 amide bonds. The number of rotatable bonds is 5. The molecule has 25 heavy (non-hydrogen) atoms. The van der Waals surface area contributed by atoms with Crippen molar-refractivity contribution < 1.29 is 9.53 Å². The highest BCUT2D eigenvalue weighted by molar-refractivity contribution is 5.83. The highest BCUT2D eigenvalue weighted by Gasteiger charge is 2.11. The molecular formula is C20H21N3O2. The van der Waals surface area contributed by atoms with Gasteiger partial charge >= 0.3 is 0 Å². The van der Waals surface area contributed by atoms with Crippen LogP contribution in [0.25, 0.3) is 10.9 Å². The Kier molecular flexibility index (Phi) is 4.84. The van der Waals surface area contributed by atoms with Crippen LogP contribution < -0.4 is 15.8 Å². The number of methoxy groups -OCH3 is 1. The lowest BCUT2D eigenvalue weighted by atomic mass is 10.1. The lowest BCUT2D eigenvalue weighted by molar-refractivity contribution is -0.121. The summed E-state index contributed by atoms with van der Waals surface area (Å²) in [4.78, 5) is 16.8. The number of nitrogens with zero attached hydrogens (tertiary/aromatic N) is 1. The van der Waals surface area contributed by atoms with Gasteiger partial charge in [-0.3, -0.25) is 9.78 Å². The van der Waals surface area contributed by atoms with Gasteiger partial charge in [0, 0.05) is 11.1 Å². The minimum absolute atomic E-state index is 0.0642. The van der Waals surface area contributed by atoms with Crippen LogP contribution in [0.2, 0.25) is 0 Å². The van der Waals surface area contributed by atoms with E-state index in [1.54, 1.807) is 7.11 Å². The number of hydrogen-bond acceptors (Lipinski definition) is 4. The molecular weight excluding hydrogens is 314 g/mol. The minimum atomic E-state index is -0.0846. The van der Waals surface area contributed by atoms with E-state index in [0.717, 1.165) is 27.9 Å². The third-order valence-corrected chi connectivity index (χ3v) is 4.11. The van der Waals surface area contributed by atoms with Gasteiger partial charge in [0.1, 0.15) is 5.75 Å². The molecule has 0 radical (unpaired) electrons. The van der Waals surface area contributed by atoms with Crippen molar-refractivity contribution in [3.8, 4) is 5.75 Å². The third-order valence-electron chi connectivity index (χ3n) is 4.11. The minimum Gasteiger partial charge on any atom is -0.497 e. The van der Waals surface area contributed by atoms with Gasteiger partial charge in [-0.1, -0.05) is 18.2 Å². The van der Waals surface area contributed by atoms with Crippen LogP contribution >= 0.6 is 0 Å². The van der Waals surface area contributed by atoms with Crippen LogP contribution in [-0.2, 0) is 11.2 Å². The van der Waals surface area contributed by atoms with E-state index in [1.165, 1.54) is 0 Å². The molecule has 0 saturated heterocycles. The molecule has 1 heterocycles. The summed E-state index contributed by atoms with van der Waals surface area (Å²) in [5, 5.41) is 3.97. The number of carbonyl (C=O) groups is 1. The Morgan fingerprint density at radius 3 is 2.64 bits per heavy atom. The maximum atomic E-state index is 12.3. The number of nitrogens with one attached hydrogen (secondary N) is 1. The first kappa shape index (κ1) is 16.8. The van der Waals surface area contributed by atoms with Gasteiger partial charge in [-0.25, -0.2) is 0 Å². The third kappa shape index (κ3) is 4.07. The molecule has 1 aromatic heterocycles. The molecule has 3 aromatic rings. The largest absolute Gasteiger partial charge is 0.497 e. The van der Waals surface area contributed by atoms with E-state index >= 15 is 0 Å². The van der Waals surface area contributed by atoms with Gasteiger partial charge in [0.25, 0.3) is 0 Å². The fourth-order valence-corrected chi connectivity index (χ4v) is 2.72. The number of nitrogen functional groups attached to an aromatic ring is 1. The summed E-state index contributed by atoms with van der Waals surface area (Å²) in [5.74, 6) is 0.730. The van der Waals surface area contributed by atoms with Crippen molar-refractivity contribution in [1.29, 1.82) is 0 Å². The zero-order valence-corrected chi connectivity index (χ0v) is 14.3. The summed E-state index contributed by atoms with van der Waals surface area (Å²) >= 11 is 0. The summed E-state index contributed by atoms with van der Waals surface area (Å²) in [6.07, 6.45) is 0.237. The van der Waals surface area contributed by atoms with Gasteiger partial charge in [0.05, 0.1) is 30.8 Å². The van der Waals surface area contributed by atoms with Crippen molar-refractivity contribution in [2.75, 3.05) is 12.8 Å². The number of pyridine rings is 1. The van der Waals surface area contributed by atoms with Crippen molar-refractivity contribution in [3.63, 3.8) is 0 Å². The first-order valence-corrected chi connectivity index (χ1v) is 8.13.